The van der Waals surface area contributed by atoms with Crippen LogP contribution in [0.4, 0.5) is 4.39 Å². The fraction of sp³-hybridized carbons (Fsp3) is 0.231. The summed E-state index contributed by atoms with van der Waals surface area (Å²) in [6.45, 7) is 2.47. The number of halogens is 2. The zero-order valence-corrected chi connectivity index (χ0v) is 19.3. The van der Waals surface area contributed by atoms with Gasteiger partial charge in [-0.15, -0.1) is 0 Å². The molecule has 0 fully saturated rings. The molecule has 0 amide bonds. The second-order valence-electron chi connectivity index (χ2n) is 7.74. The summed E-state index contributed by atoms with van der Waals surface area (Å²) in [5.41, 5.74) is 2.47. The van der Waals surface area contributed by atoms with Crippen LogP contribution in [0.1, 0.15) is 28.6 Å². The van der Waals surface area contributed by atoms with E-state index in [4.69, 9.17) is 9.72 Å². The summed E-state index contributed by atoms with van der Waals surface area (Å²) >= 11 is 3.37. The van der Waals surface area contributed by atoms with Crippen molar-refractivity contribution in [3.05, 3.63) is 122 Å². The lowest BCUT2D eigenvalue weighted by atomic mass is 9.94. The lowest BCUT2D eigenvalue weighted by Crippen LogP contribution is -2.34. The van der Waals surface area contributed by atoms with Gasteiger partial charge in [-0.1, -0.05) is 72.8 Å². The number of benzene rings is 2. The Labute approximate surface area is 195 Å². The Bertz CT molecular complexity index is 1190. The van der Waals surface area contributed by atoms with E-state index in [9.17, 15) is 9.18 Å². The molecule has 4 nitrogen and oxygen atoms in total. The molecule has 1 aromatic heterocycles. The number of ether oxygens (including phenoxy) is 1. The van der Waals surface area contributed by atoms with Gasteiger partial charge in [0.1, 0.15) is 22.2 Å². The van der Waals surface area contributed by atoms with Crippen LogP contribution in [0, 0.1) is 6.92 Å². The molecule has 32 heavy (non-hydrogen) atoms. The maximum absolute atomic E-state index is 14.9. The molecule has 1 aliphatic carbocycles. The molecule has 0 bridgehead atoms. The molecule has 6 heteroatoms. The Morgan fingerprint density at radius 3 is 2.41 bits per heavy atom. The van der Waals surface area contributed by atoms with Crippen LogP contribution in [0.25, 0.3) is 0 Å². The number of rotatable bonds is 7. The molecule has 0 N–H and O–H groups in total. The summed E-state index contributed by atoms with van der Waals surface area (Å²) in [7, 11) is 0. The molecule has 1 heterocycles. The summed E-state index contributed by atoms with van der Waals surface area (Å²) < 4.78 is 23.0. The number of hydrogen-bond donors (Lipinski definition) is 0. The van der Waals surface area contributed by atoms with Gasteiger partial charge < -0.3 is 4.74 Å². The van der Waals surface area contributed by atoms with E-state index < -0.39 is 12.0 Å². The zero-order chi connectivity index (χ0) is 22.5. The van der Waals surface area contributed by atoms with Crippen LogP contribution < -0.4 is 5.56 Å². The SMILES string of the molecule is Cc1nc(C2C=CC=C(F)C2OCc2ccccc2)n(CCc2ccccc2)c(=O)c1Br. The summed E-state index contributed by atoms with van der Waals surface area (Å²) in [5.74, 6) is -0.388. The maximum atomic E-state index is 14.9. The molecule has 0 aliphatic heterocycles. The highest BCUT2D eigenvalue weighted by atomic mass is 79.9. The molecule has 0 saturated heterocycles. The Kier molecular flexibility index (Phi) is 7.12. The molecule has 2 atom stereocenters. The van der Waals surface area contributed by atoms with E-state index in [-0.39, 0.29) is 18.0 Å². The summed E-state index contributed by atoms with van der Waals surface area (Å²) in [4.78, 5) is 17.8. The molecule has 0 spiro atoms. The van der Waals surface area contributed by atoms with Gasteiger partial charge in [-0.25, -0.2) is 9.37 Å². The third-order valence-corrected chi connectivity index (χ3v) is 6.43. The first-order valence-electron chi connectivity index (χ1n) is 10.5. The van der Waals surface area contributed by atoms with E-state index in [0.717, 1.165) is 11.1 Å². The third kappa shape index (κ3) is 4.97. The van der Waals surface area contributed by atoms with Crippen LogP contribution in [0.5, 0.6) is 0 Å². The predicted octanol–water partition coefficient (Wildman–Crippen LogP) is 5.65. The van der Waals surface area contributed by atoms with Crippen LogP contribution in [0.2, 0.25) is 0 Å². The van der Waals surface area contributed by atoms with Crippen LogP contribution in [0.15, 0.2) is 94.0 Å². The average molecular weight is 495 g/mol. The van der Waals surface area contributed by atoms with Gasteiger partial charge in [-0.3, -0.25) is 9.36 Å². The van der Waals surface area contributed by atoms with Gasteiger partial charge in [0, 0.05) is 6.54 Å². The minimum absolute atomic E-state index is 0.173. The third-order valence-electron chi connectivity index (χ3n) is 5.52. The molecule has 0 saturated carbocycles. The first kappa shape index (κ1) is 22.4. The molecule has 2 unspecified atom stereocenters. The number of allylic oxidation sites excluding steroid dienone is 2. The molecule has 0 radical (unpaired) electrons. The largest absolute Gasteiger partial charge is 0.365 e. The van der Waals surface area contributed by atoms with Crippen molar-refractivity contribution in [2.24, 2.45) is 0 Å². The average Bonchev–Trinajstić information content (AvgIpc) is 2.82. The zero-order valence-electron chi connectivity index (χ0n) is 17.7. The Balaban J connectivity index is 1.67. The van der Waals surface area contributed by atoms with Crippen molar-refractivity contribution in [2.75, 3.05) is 0 Å². The van der Waals surface area contributed by atoms with Crippen LogP contribution in [-0.2, 0) is 24.3 Å². The molecule has 1 aliphatic rings. The summed E-state index contributed by atoms with van der Waals surface area (Å²) in [6.07, 6.45) is 4.73. The van der Waals surface area contributed by atoms with Gasteiger partial charge in [-0.2, -0.15) is 0 Å². The topological polar surface area (TPSA) is 44.1 Å². The molecular formula is C26H24BrFN2O2. The van der Waals surface area contributed by atoms with Crippen molar-refractivity contribution in [1.29, 1.82) is 0 Å². The van der Waals surface area contributed by atoms with Gasteiger partial charge >= 0.3 is 0 Å². The molecule has 2 aromatic carbocycles. The van der Waals surface area contributed by atoms with Crippen molar-refractivity contribution in [3.63, 3.8) is 0 Å². The second-order valence-corrected chi connectivity index (χ2v) is 8.53. The maximum Gasteiger partial charge on any atom is 0.268 e. The van der Waals surface area contributed by atoms with E-state index in [2.05, 4.69) is 15.9 Å². The van der Waals surface area contributed by atoms with Crippen LogP contribution >= 0.6 is 15.9 Å². The molecule has 164 valence electrons. The quantitative estimate of drug-likeness (QED) is 0.426. The van der Waals surface area contributed by atoms with E-state index >= 15 is 0 Å². The van der Waals surface area contributed by atoms with Crippen molar-refractivity contribution in [3.8, 4) is 0 Å². The molecule has 3 aromatic rings. The minimum Gasteiger partial charge on any atom is -0.365 e. The van der Waals surface area contributed by atoms with E-state index in [1.54, 1.807) is 17.6 Å². The fourth-order valence-electron chi connectivity index (χ4n) is 3.81. The number of nitrogens with zero attached hydrogens (tertiary/aromatic N) is 2. The molecular weight excluding hydrogens is 471 g/mol. The highest BCUT2D eigenvalue weighted by molar-refractivity contribution is 9.10. The van der Waals surface area contributed by atoms with E-state index in [1.807, 2.05) is 66.7 Å². The highest BCUT2D eigenvalue weighted by Gasteiger charge is 2.32. The number of aromatic nitrogens is 2. The highest BCUT2D eigenvalue weighted by Crippen LogP contribution is 2.32. The first-order valence-corrected chi connectivity index (χ1v) is 11.3. The van der Waals surface area contributed by atoms with E-state index in [0.29, 0.717) is 29.0 Å². The lowest BCUT2D eigenvalue weighted by Gasteiger charge is -2.28. The smallest absolute Gasteiger partial charge is 0.268 e. The van der Waals surface area contributed by atoms with Crippen molar-refractivity contribution in [2.45, 2.75) is 38.5 Å². The van der Waals surface area contributed by atoms with Crippen molar-refractivity contribution in [1.82, 2.24) is 9.55 Å². The number of aryl methyl sites for hydroxylation is 2. The van der Waals surface area contributed by atoms with E-state index in [1.165, 1.54) is 6.08 Å². The van der Waals surface area contributed by atoms with Crippen molar-refractivity contribution >= 4 is 15.9 Å². The Hall–Kier alpha value is -2.83. The normalized spacial score (nSPS) is 17.9. The van der Waals surface area contributed by atoms with Gasteiger partial charge in [-0.05, 0) is 46.5 Å². The standard InChI is InChI=1S/C26H24BrFN2O2/c1-18-23(27)26(31)30(16-15-19-9-4-2-5-10-19)25(29-18)21-13-8-14-22(28)24(21)32-17-20-11-6-3-7-12-20/h2-14,21,24H,15-17H2,1H3. The fourth-order valence-corrected chi connectivity index (χ4v) is 4.12. The summed E-state index contributed by atoms with van der Waals surface area (Å²) in [5, 5.41) is 0. The van der Waals surface area contributed by atoms with Gasteiger partial charge in [0.2, 0.25) is 0 Å². The van der Waals surface area contributed by atoms with Gasteiger partial charge in [0.15, 0.2) is 0 Å². The summed E-state index contributed by atoms with van der Waals surface area (Å²) in [6, 6.07) is 19.6. The number of hydrogen-bond acceptors (Lipinski definition) is 3. The minimum atomic E-state index is -0.851. The Morgan fingerprint density at radius 2 is 1.72 bits per heavy atom. The van der Waals surface area contributed by atoms with Gasteiger partial charge in [0.05, 0.1) is 18.2 Å². The van der Waals surface area contributed by atoms with Crippen LogP contribution in [-0.4, -0.2) is 15.7 Å². The predicted molar refractivity (Wildman–Crippen MR) is 127 cm³/mol. The monoisotopic (exact) mass is 494 g/mol. The van der Waals surface area contributed by atoms with Crippen LogP contribution in [0.3, 0.4) is 0 Å². The van der Waals surface area contributed by atoms with Gasteiger partial charge in [0.25, 0.3) is 5.56 Å². The lowest BCUT2D eigenvalue weighted by molar-refractivity contribution is 0.0376. The van der Waals surface area contributed by atoms with Crippen molar-refractivity contribution < 1.29 is 9.13 Å². The Morgan fingerprint density at radius 1 is 1.06 bits per heavy atom. The second kappa shape index (κ2) is 10.2. The first-order chi connectivity index (χ1) is 15.5. The molecule has 4 rings (SSSR count).